The summed E-state index contributed by atoms with van der Waals surface area (Å²) in [6, 6.07) is 28.9. The lowest BCUT2D eigenvalue weighted by atomic mass is 10.0. The molecular formula is C28H23ClN2O3S2. The zero-order valence-corrected chi connectivity index (χ0v) is 21.6. The highest BCUT2D eigenvalue weighted by Crippen LogP contribution is 2.35. The number of anilines is 2. The van der Waals surface area contributed by atoms with Crippen LogP contribution in [0.15, 0.2) is 112 Å². The molecule has 5 rings (SSSR count). The van der Waals surface area contributed by atoms with Crippen LogP contribution < -0.4 is 9.62 Å². The molecule has 0 unspecified atom stereocenters. The monoisotopic (exact) mass is 534 g/mol. The van der Waals surface area contributed by atoms with Crippen molar-refractivity contribution in [3.63, 3.8) is 0 Å². The fourth-order valence-corrected chi connectivity index (χ4v) is 6.40. The summed E-state index contributed by atoms with van der Waals surface area (Å²) in [4.78, 5) is 16.8. The zero-order valence-electron chi connectivity index (χ0n) is 19.2. The van der Waals surface area contributed by atoms with Crippen LogP contribution in [0.2, 0.25) is 5.02 Å². The van der Waals surface area contributed by atoms with E-state index in [0.29, 0.717) is 29.2 Å². The van der Waals surface area contributed by atoms with Crippen molar-refractivity contribution in [1.29, 1.82) is 0 Å². The first-order chi connectivity index (χ1) is 17.4. The molecule has 0 radical (unpaired) electrons. The molecule has 0 atom stereocenters. The summed E-state index contributed by atoms with van der Waals surface area (Å²) in [6.45, 7) is 0.572. The summed E-state index contributed by atoms with van der Waals surface area (Å²) in [5.41, 5.74) is 2.63. The number of benzene rings is 4. The van der Waals surface area contributed by atoms with E-state index in [4.69, 9.17) is 11.6 Å². The standard InChI is InChI=1S/C28H23ClN2O3S2/c29-22-14-12-20(13-15-22)28(32)31-18-6-7-21-19-24(16-17-26(21)31)36(33,34)30-25-10-4-5-11-27(25)35-23-8-2-1-3-9-23/h1-5,8-17,19,30H,6-7,18H2. The van der Waals surface area contributed by atoms with E-state index in [1.165, 1.54) is 11.8 Å². The molecule has 1 heterocycles. The van der Waals surface area contributed by atoms with Crippen molar-refractivity contribution in [2.45, 2.75) is 27.5 Å². The number of hydrogen-bond donors (Lipinski definition) is 1. The molecule has 0 spiro atoms. The number of halogens is 1. The van der Waals surface area contributed by atoms with Crippen LogP contribution in [-0.4, -0.2) is 20.9 Å². The summed E-state index contributed by atoms with van der Waals surface area (Å²) in [7, 11) is -3.84. The van der Waals surface area contributed by atoms with Crippen LogP contribution >= 0.6 is 23.4 Å². The Balaban J connectivity index is 1.40. The summed E-state index contributed by atoms with van der Waals surface area (Å²) < 4.78 is 29.4. The molecule has 182 valence electrons. The first-order valence-corrected chi connectivity index (χ1v) is 14.1. The molecule has 4 aromatic carbocycles. The lowest BCUT2D eigenvalue weighted by Crippen LogP contribution is -2.35. The lowest BCUT2D eigenvalue weighted by Gasteiger charge is -2.30. The Kier molecular flexibility index (Phi) is 7.05. The smallest absolute Gasteiger partial charge is 0.261 e. The van der Waals surface area contributed by atoms with E-state index in [2.05, 4.69) is 4.72 Å². The van der Waals surface area contributed by atoms with Crippen molar-refractivity contribution in [3.8, 4) is 0 Å². The van der Waals surface area contributed by atoms with Crippen LogP contribution in [0.4, 0.5) is 11.4 Å². The van der Waals surface area contributed by atoms with Crippen LogP contribution in [0.5, 0.6) is 0 Å². The van der Waals surface area contributed by atoms with Crippen molar-refractivity contribution < 1.29 is 13.2 Å². The van der Waals surface area contributed by atoms with E-state index >= 15 is 0 Å². The minimum atomic E-state index is -3.84. The van der Waals surface area contributed by atoms with E-state index in [1.807, 2.05) is 42.5 Å². The van der Waals surface area contributed by atoms with Gasteiger partial charge in [-0.05, 0) is 85.1 Å². The van der Waals surface area contributed by atoms with Crippen LogP contribution in [0.3, 0.4) is 0 Å². The highest BCUT2D eigenvalue weighted by Gasteiger charge is 2.26. The molecule has 1 N–H and O–H groups in total. The Morgan fingerprint density at radius 1 is 0.889 bits per heavy atom. The van der Waals surface area contributed by atoms with E-state index in [-0.39, 0.29) is 10.8 Å². The second-order valence-electron chi connectivity index (χ2n) is 8.37. The maximum Gasteiger partial charge on any atom is 0.261 e. The van der Waals surface area contributed by atoms with E-state index in [9.17, 15) is 13.2 Å². The van der Waals surface area contributed by atoms with Gasteiger partial charge in [-0.1, -0.05) is 53.7 Å². The van der Waals surface area contributed by atoms with E-state index < -0.39 is 10.0 Å². The van der Waals surface area contributed by atoms with Crippen LogP contribution in [0, 0.1) is 0 Å². The average Bonchev–Trinajstić information content (AvgIpc) is 2.89. The van der Waals surface area contributed by atoms with Gasteiger partial charge in [0.15, 0.2) is 0 Å². The second kappa shape index (κ2) is 10.4. The van der Waals surface area contributed by atoms with E-state index in [0.717, 1.165) is 27.5 Å². The third kappa shape index (κ3) is 5.28. The molecule has 1 aliphatic heterocycles. The SMILES string of the molecule is O=C(c1ccc(Cl)cc1)N1CCCc2cc(S(=O)(=O)Nc3ccccc3Sc3ccccc3)ccc21. The fourth-order valence-electron chi connectivity index (χ4n) is 4.16. The first-order valence-electron chi connectivity index (χ1n) is 11.5. The molecule has 0 saturated carbocycles. The molecule has 0 fully saturated rings. The molecule has 1 aliphatic rings. The molecule has 1 amide bonds. The lowest BCUT2D eigenvalue weighted by molar-refractivity contribution is 0.0985. The van der Waals surface area contributed by atoms with Crippen molar-refractivity contribution in [2.24, 2.45) is 0 Å². The van der Waals surface area contributed by atoms with E-state index in [1.54, 1.807) is 59.5 Å². The number of nitrogens with zero attached hydrogens (tertiary/aromatic N) is 1. The topological polar surface area (TPSA) is 66.5 Å². The minimum absolute atomic E-state index is 0.131. The summed E-state index contributed by atoms with van der Waals surface area (Å²) >= 11 is 7.46. The highest BCUT2D eigenvalue weighted by atomic mass is 35.5. The third-order valence-corrected chi connectivity index (χ3v) is 8.62. The van der Waals surface area contributed by atoms with Gasteiger partial charge < -0.3 is 4.90 Å². The Morgan fingerprint density at radius 2 is 1.61 bits per heavy atom. The predicted molar refractivity (Wildman–Crippen MR) is 146 cm³/mol. The number of nitrogens with one attached hydrogen (secondary N) is 1. The van der Waals surface area contributed by atoms with Gasteiger partial charge in [0, 0.05) is 32.6 Å². The number of rotatable bonds is 6. The van der Waals surface area contributed by atoms with Crippen molar-refractivity contribution >= 4 is 50.7 Å². The number of fused-ring (bicyclic) bond motifs is 1. The molecule has 5 nitrogen and oxygen atoms in total. The van der Waals surface area contributed by atoms with Gasteiger partial charge in [0.2, 0.25) is 0 Å². The Labute approximate surface area is 220 Å². The van der Waals surface area contributed by atoms with Crippen molar-refractivity contribution in [1.82, 2.24) is 0 Å². The van der Waals surface area contributed by atoms with Gasteiger partial charge in [-0.3, -0.25) is 9.52 Å². The molecule has 4 aromatic rings. The van der Waals surface area contributed by atoms with Gasteiger partial charge in [-0.2, -0.15) is 0 Å². The average molecular weight is 535 g/mol. The van der Waals surface area contributed by atoms with Gasteiger partial charge >= 0.3 is 0 Å². The normalized spacial score (nSPS) is 13.2. The molecular weight excluding hydrogens is 512 g/mol. The van der Waals surface area contributed by atoms with Crippen molar-refractivity contribution in [2.75, 3.05) is 16.2 Å². The second-order valence-corrected chi connectivity index (χ2v) is 11.6. The van der Waals surface area contributed by atoms with Gasteiger partial charge in [0.1, 0.15) is 0 Å². The summed E-state index contributed by atoms with van der Waals surface area (Å²) in [6.07, 6.45) is 1.45. The number of aryl methyl sites for hydroxylation is 1. The minimum Gasteiger partial charge on any atom is -0.308 e. The Morgan fingerprint density at radius 3 is 2.39 bits per heavy atom. The Bertz CT molecular complexity index is 1510. The zero-order chi connectivity index (χ0) is 25.1. The van der Waals surface area contributed by atoms with Crippen LogP contribution in [0.25, 0.3) is 0 Å². The molecule has 0 bridgehead atoms. The van der Waals surface area contributed by atoms with Crippen LogP contribution in [-0.2, 0) is 16.4 Å². The van der Waals surface area contributed by atoms with Gasteiger partial charge in [0.25, 0.3) is 15.9 Å². The van der Waals surface area contributed by atoms with Gasteiger partial charge in [-0.15, -0.1) is 0 Å². The maximum absolute atomic E-state index is 13.3. The number of carbonyl (C=O) groups excluding carboxylic acids is 1. The fraction of sp³-hybridized carbons (Fsp3) is 0.107. The number of sulfonamides is 1. The summed E-state index contributed by atoms with van der Waals surface area (Å²) in [5, 5.41) is 0.566. The van der Waals surface area contributed by atoms with Crippen LogP contribution in [0.1, 0.15) is 22.3 Å². The first kappa shape index (κ1) is 24.4. The van der Waals surface area contributed by atoms with Gasteiger partial charge in [0.05, 0.1) is 10.6 Å². The number of amides is 1. The van der Waals surface area contributed by atoms with Gasteiger partial charge in [-0.25, -0.2) is 8.42 Å². The Hall–Kier alpha value is -3.26. The number of para-hydroxylation sites is 1. The predicted octanol–water partition coefficient (Wildman–Crippen LogP) is 6.89. The molecule has 0 aromatic heterocycles. The molecule has 36 heavy (non-hydrogen) atoms. The largest absolute Gasteiger partial charge is 0.308 e. The third-order valence-electron chi connectivity index (χ3n) is 5.92. The summed E-state index contributed by atoms with van der Waals surface area (Å²) in [5.74, 6) is -0.131. The molecule has 0 saturated heterocycles. The van der Waals surface area contributed by atoms with Crippen molar-refractivity contribution in [3.05, 3.63) is 113 Å². The number of hydrogen-bond acceptors (Lipinski definition) is 4. The number of carbonyl (C=O) groups is 1. The quantitative estimate of drug-likeness (QED) is 0.292. The highest BCUT2D eigenvalue weighted by molar-refractivity contribution is 7.99. The maximum atomic E-state index is 13.3. The molecule has 0 aliphatic carbocycles. The molecule has 8 heteroatoms.